The third kappa shape index (κ3) is 4.34. The molecule has 5 heteroatoms. The van der Waals surface area contributed by atoms with Gasteiger partial charge in [0.25, 0.3) is 5.91 Å². The van der Waals surface area contributed by atoms with Crippen LogP contribution in [0.2, 0.25) is 0 Å². The van der Waals surface area contributed by atoms with Gasteiger partial charge in [0.2, 0.25) is 0 Å². The predicted octanol–water partition coefficient (Wildman–Crippen LogP) is 2.73. The first-order valence-electron chi connectivity index (χ1n) is 7.79. The SMILES string of the molecule is CN1CCN(NC(=O)c2ccccc2Sc2ccccc2)CC1. The fourth-order valence-electron chi connectivity index (χ4n) is 2.48. The van der Waals surface area contributed by atoms with Gasteiger partial charge in [0.15, 0.2) is 0 Å². The standard InChI is InChI=1S/C18H21N3OS/c1-20-11-13-21(14-12-20)19-18(22)16-9-5-6-10-17(16)23-15-7-3-2-4-8-15/h2-10H,11-14H2,1H3,(H,19,22). The van der Waals surface area contributed by atoms with Crippen LogP contribution in [-0.4, -0.2) is 49.0 Å². The van der Waals surface area contributed by atoms with Crippen molar-refractivity contribution < 1.29 is 4.79 Å². The molecule has 120 valence electrons. The predicted molar refractivity (Wildman–Crippen MR) is 93.5 cm³/mol. The fraction of sp³-hybridized carbons (Fsp3) is 0.278. The monoisotopic (exact) mass is 327 g/mol. The molecule has 0 radical (unpaired) electrons. The second kappa shape index (κ2) is 7.64. The maximum atomic E-state index is 12.6. The minimum Gasteiger partial charge on any atom is -0.304 e. The first-order chi connectivity index (χ1) is 11.2. The summed E-state index contributed by atoms with van der Waals surface area (Å²) in [5.74, 6) is -0.0337. The molecule has 1 N–H and O–H groups in total. The molecule has 0 unspecified atom stereocenters. The third-order valence-corrected chi connectivity index (χ3v) is 4.95. The number of nitrogens with one attached hydrogen (secondary N) is 1. The lowest BCUT2D eigenvalue weighted by Crippen LogP contribution is -2.52. The summed E-state index contributed by atoms with van der Waals surface area (Å²) in [6.07, 6.45) is 0. The highest BCUT2D eigenvalue weighted by Gasteiger charge is 2.18. The molecule has 2 aromatic carbocycles. The van der Waals surface area contributed by atoms with E-state index in [-0.39, 0.29) is 5.91 Å². The summed E-state index contributed by atoms with van der Waals surface area (Å²) in [6, 6.07) is 17.9. The normalized spacial score (nSPS) is 16.2. The van der Waals surface area contributed by atoms with E-state index in [4.69, 9.17) is 0 Å². The largest absolute Gasteiger partial charge is 0.304 e. The first kappa shape index (κ1) is 16.1. The van der Waals surface area contributed by atoms with E-state index in [9.17, 15) is 4.79 Å². The smallest absolute Gasteiger partial charge is 0.266 e. The number of hydrogen-bond donors (Lipinski definition) is 1. The first-order valence-corrected chi connectivity index (χ1v) is 8.60. The van der Waals surface area contributed by atoms with E-state index in [2.05, 4.69) is 29.5 Å². The molecule has 3 rings (SSSR count). The summed E-state index contributed by atoms with van der Waals surface area (Å²) >= 11 is 1.62. The average molecular weight is 327 g/mol. The Balaban J connectivity index is 1.70. The number of amides is 1. The second-order valence-corrected chi connectivity index (χ2v) is 6.76. The average Bonchev–Trinajstić information content (AvgIpc) is 2.58. The van der Waals surface area contributed by atoms with Gasteiger partial charge in [-0.15, -0.1) is 0 Å². The molecule has 1 heterocycles. The van der Waals surface area contributed by atoms with Gasteiger partial charge in [-0.3, -0.25) is 10.2 Å². The van der Waals surface area contributed by atoms with Crippen molar-refractivity contribution in [3.05, 3.63) is 60.2 Å². The summed E-state index contributed by atoms with van der Waals surface area (Å²) in [5.41, 5.74) is 3.76. The lowest BCUT2D eigenvalue weighted by atomic mass is 10.2. The van der Waals surface area contributed by atoms with Crippen LogP contribution >= 0.6 is 11.8 Å². The quantitative estimate of drug-likeness (QED) is 0.937. The molecule has 1 fully saturated rings. The summed E-state index contributed by atoms with van der Waals surface area (Å²) in [4.78, 5) is 17.0. The Morgan fingerprint density at radius 2 is 1.61 bits per heavy atom. The van der Waals surface area contributed by atoms with E-state index in [1.165, 1.54) is 0 Å². The van der Waals surface area contributed by atoms with Crippen molar-refractivity contribution in [1.82, 2.24) is 15.3 Å². The summed E-state index contributed by atoms with van der Waals surface area (Å²) in [6.45, 7) is 3.66. The van der Waals surface area contributed by atoms with Crippen molar-refractivity contribution in [3.8, 4) is 0 Å². The third-order valence-electron chi connectivity index (χ3n) is 3.87. The van der Waals surface area contributed by atoms with Crippen LogP contribution < -0.4 is 5.43 Å². The van der Waals surface area contributed by atoms with Gasteiger partial charge in [0, 0.05) is 36.0 Å². The molecule has 0 aromatic heterocycles. The van der Waals surface area contributed by atoms with Gasteiger partial charge >= 0.3 is 0 Å². The number of rotatable bonds is 4. The van der Waals surface area contributed by atoms with E-state index >= 15 is 0 Å². The van der Waals surface area contributed by atoms with E-state index in [1.807, 2.05) is 47.5 Å². The highest BCUT2D eigenvalue weighted by molar-refractivity contribution is 7.99. The van der Waals surface area contributed by atoms with Gasteiger partial charge in [0.05, 0.1) is 5.56 Å². The van der Waals surface area contributed by atoms with Crippen LogP contribution in [0.4, 0.5) is 0 Å². The van der Waals surface area contributed by atoms with Gasteiger partial charge < -0.3 is 4.90 Å². The van der Waals surface area contributed by atoms with Crippen molar-refractivity contribution in [1.29, 1.82) is 0 Å². The Hall–Kier alpha value is -1.82. The van der Waals surface area contributed by atoms with Gasteiger partial charge in [-0.1, -0.05) is 42.1 Å². The zero-order valence-corrected chi connectivity index (χ0v) is 14.1. The molecule has 0 bridgehead atoms. The van der Waals surface area contributed by atoms with Crippen molar-refractivity contribution in [3.63, 3.8) is 0 Å². The maximum Gasteiger partial charge on any atom is 0.266 e. The number of hydrazine groups is 1. The van der Waals surface area contributed by atoms with Crippen LogP contribution in [0.3, 0.4) is 0 Å². The Labute approximate surface area is 141 Å². The molecule has 1 saturated heterocycles. The summed E-state index contributed by atoms with van der Waals surface area (Å²) < 4.78 is 0. The van der Waals surface area contributed by atoms with Crippen LogP contribution in [0.15, 0.2) is 64.4 Å². The topological polar surface area (TPSA) is 35.6 Å². The Kier molecular flexibility index (Phi) is 5.33. The Morgan fingerprint density at radius 1 is 0.957 bits per heavy atom. The second-order valence-electron chi connectivity index (χ2n) is 5.64. The molecular weight excluding hydrogens is 306 g/mol. The fourth-order valence-corrected chi connectivity index (χ4v) is 3.45. The molecule has 0 spiro atoms. The number of piperazine rings is 1. The minimum absolute atomic E-state index is 0.0337. The van der Waals surface area contributed by atoms with Crippen LogP contribution in [0, 0.1) is 0 Å². The zero-order chi connectivity index (χ0) is 16.1. The number of benzene rings is 2. The molecule has 23 heavy (non-hydrogen) atoms. The molecular formula is C18H21N3OS. The molecule has 2 aromatic rings. The minimum atomic E-state index is -0.0337. The molecule has 1 aliphatic heterocycles. The van der Waals surface area contributed by atoms with Crippen molar-refractivity contribution in [2.45, 2.75) is 9.79 Å². The molecule has 0 saturated carbocycles. The van der Waals surface area contributed by atoms with E-state index in [0.717, 1.165) is 41.5 Å². The van der Waals surface area contributed by atoms with Crippen LogP contribution in [-0.2, 0) is 0 Å². The number of carbonyl (C=O) groups is 1. The molecule has 0 atom stereocenters. The van der Waals surface area contributed by atoms with E-state index in [0.29, 0.717) is 0 Å². The van der Waals surface area contributed by atoms with Gasteiger partial charge in [0.1, 0.15) is 0 Å². The zero-order valence-electron chi connectivity index (χ0n) is 13.2. The van der Waals surface area contributed by atoms with Gasteiger partial charge in [-0.05, 0) is 31.3 Å². The Morgan fingerprint density at radius 3 is 2.35 bits per heavy atom. The van der Waals surface area contributed by atoms with Crippen LogP contribution in [0.25, 0.3) is 0 Å². The van der Waals surface area contributed by atoms with Crippen molar-refractivity contribution in [2.75, 3.05) is 33.2 Å². The number of carbonyl (C=O) groups excluding carboxylic acids is 1. The van der Waals surface area contributed by atoms with E-state index in [1.54, 1.807) is 11.8 Å². The maximum absolute atomic E-state index is 12.6. The lowest BCUT2D eigenvalue weighted by molar-refractivity contribution is 0.0659. The van der Waals surface area contributed by atoms with E-state index < -0.39 is 0 Å². The summed E-state index contributed by atoms with van der Waals surface area (Å²) in [7, 11) is 2.10. The molecule has 0 aliphatic carbocycles. The Bertz CT molecular complexity index is 654. The van der Waals surface area contributed by atoms with Gasteiger partial charge in [-0.2, -0.15) is 0 Å². The highest BCUT2D eigenvalue weighted by atomic mass is 32.2. The lowest BCUT2D eigenvalue weighted by Gasteiger charge is -2.32. The molecule has 1 aliphatic rings. The number of nitrogens with zero attached hydrogens (tertiary/aromatic N) is 2. The number of hydrogen-bond acceptors (Lipinski definition) is 4. The summed E-state index contributed by atoms with van der Waals surface area (Å²) in [5, 5.41) is 2.01. The molecule has 4 nitrogen and oxygen atoms in total. The van der Waals surface area contributed by atoms with Crippen molar-refractivity contribution in [2.24, 2.45) is 0 Å². The van der Waals surface area contributed by atoms with Crippen LogP contribution in [0.5, 0.6) is 0 Å². The van der Waals surface area contributed by atoms with Crippen molar-refractivity contribution >= 4 is 17.7 Å². The van der Waals surface area contributed by atoms with Crippen LogP contribution in [0.1, 0.15) is 10.4 Å². The van der Waals surface area contributed by atoms with Gasteiger partial charge in [-0.25, -0.2) is 5.01 Å². The highest BCUT2D eigenvalue weighted by Crippen LogP contribution is 2.30. The number of likely N-dealkylation sites (N-methyl/N-ethyl adjacent to an activating group) is 1. The molecule has 1 amide bonds.